The van der Waals surface area contributed by atoms with Crippen molar-refractivity contribution in [3.05, 3.63) is 35.4 Å². The fraction of sp³-hybridized carbons (Fsp3) is 0.625. The Bertz CT molecular complexity index is 444. The first-order valence-corrected chi connectivity index (χ1v) is 7.45. The van der Waals surface area contributed by atoms with E-state index in [4.69, 9.17) is 4.74 Å². The van der Waals surface area contributed by atoms with Crippen LogP contribution in [0.3, 0.4) is 0 Å². The summed E-state index contributed by atoms with van der Waals surface area (Å²) in [5.74, 6) is -1.04. The lowest BCUT2D eigenvalue weighted by molar-refractivity contribution is -0.0630. The van der Waals surface area contributed by atoms with E-state index >= 15 is 0 Å². The van der Waals surface area contributed by atoms with Crippen LogP contribution in [0.2, 0.25) is 0 Å². The zero-order chi connectivity index (χ0) is 14.6. The molecule has 1 aromatic rings. The molecular formula is C16H23F2NO. The maximum Gasteiger partial charge on any atom is 0.131 e. The van der Waals surface area contributed by atoms with Crippen LogP contribution in [0.1, 0.15) is 51.1 Å². The second-order valence-electron chi connectivity index (χ2n) is 5.36. The Balaban J connectivity index is 2.38. The number of nitrogens with one attached hydrogen (secondary N) is 1. The van der Waals surface area contributed by atoms with Gasteiger partial charge in [-0.25, -0.2) is 8.78 Å². The highest BCUT2D eigenvalue weighted by atomic mass is 19.1. The third-order valence-corrected chi connectivity index (χ3v) is 4.09. The molecule has 1 aromatic carbocycles. The average Bonchev–Trinajstić information content (AvgIpc) is 2.87. The summed E-state index contributed by atoms with van der Waals surface area (Å²) in [6.07, 6.45) is 4.00. The smallest absolute Gasteiger partial charge is 0.131 e. The molecule has 2 rings (SSSR count). The number of hydrogen-bond acceptors (Lipinski definition) is 2. The van der Waals surface area contributed by atoms with E-state index in [0.717, 1.165) is 38.3 Å². The third kappa shape index (κ3) is 3.01. The molecule has 2 nitrogen and oxygen atoms in total. The van der Waals surface area contributed by atoms with Crippen molar-refractivity contribution in [2.75, 3.05) is 13.2 Å². The van der Waals surface area contributed by atoms with Gasteiger partial charge in [0.05, 0.1) is 11.6 Å². The number of benzene rings is 1. The van der Waals surface area contributed by atoms with Gasteiger partial charge in [-0.2, -0.15) is 0 Å². The van der Waals surface area contributed by atoms with Crippen LogP contribution in [0.5, 0.6) is 0 Å². The molecule has 0 heterocycles. The number of halogens is 2. The molecule has 20 heavy (non-hydrogen) atoms. The Morgan fingerprint density at radius 3 is 2.50 bits per heavy atom. The molecular weight excluding hydrogens is 260 g/mol. The summed E-state index contributed by atoms with van der Waals surface area (Å²) in [7, 11) is 0. The van der Waals surface area contributed by atoms with E-state index in [1.807, 2.05) is 13.8 Å². The maximum atomic E-state index is 14.2. The molecule has 0 radical (unpaired) electrons. The summed E-state index contributed by atoms with van der Waals surface area (Å²) in [5.41, 5.74) is 0.132. The Labute approximate surface area is 119 Å². The summed E-state index contributed by atoms with van der Waals surface area (Å²) in [6.45, 7) is 5.27. The van der Waals surface area contributed by atoms with Gasteiger partial charge in [-0.1, -0.05) is 25.8 Å². The summed E-state index contributed by atoms with van der Waals surface area (Å²) in [4.78, 5) is 0. The first-order chi connectivity index (χ1) is 9.63. The van der Waals surface area contributed by atoms with Gasteiger partial charge < -0.3 is 10.1 Å². The molecule has 0 saturated heterocycles. The topological polar surface area (TPSA) is 21.3 Å². The lowest BCUT2D eigenvalue weighted by atomic mass is 9.86. The number of rotatable bonds is 6. The van der Waals surface area contributed by atoms with Gasteiger partial charge in [0.25, 0.3) is 0 Å². The number of ether oxygens (including phenoxy) is 1. The van der Waals surface area contributed by atoms with Crippen LogP contribution in [0.15, 0.2) is 18.2 Å². The van der Waals surface area contributed by atoms with Gasteiger partial charge in [0.2, 0.25) is 0 Å². The molecule has 0 amide bonds. The first-order valence-electron chi connectivity index (χ1n) is 7.45. The molecule has 0 bridgehead atoms. The molecule has 0 aliphatic heterocycles. The zero-order valence-electron chi connectivity index (χ0n) is 12.2. The van der Waals surface area contributed by atoms with Crippen molar-refractivity contribution in [2.45, 2.75) is 51.2 Å². The second kappa shape index (κ2) is 6.64. The van der Waals surface area contributed by atoms with E-state index in [9.17, 15) is 8.78 Å². The van der Waals surface area contributed by atoms with Crippen molar-refractivity contribution < 1.29 is 13.5 Å². The van der Waals surface area contributed by atoms with Crippen molar-refractivity contribution in [3.8, 4) is 0 Å². The molecule has 0 spiro atoms. The summed E-state index contributed by atoms with van der Waals surface area (Å²) >= 11 is 0. The van der Waals surface area contributed by atoms with Gasteiger partial charge >= 0.3 is 0 Å². The van der Waals surface area contributed by atoms with Crippen LogP contribution in [-0.2, 0) is 4.74 Å². The highest BCUT2D eigenvalue weighted by molar-refractivity contribution is 5.26. The largest absolute Gasteiger partial charge is 0.373 e. The van der Waals surface area contributed by atoms with Crippen LogP contribution < -0.4 is 5.32 Å². The summed E-state index contributed by atoms with van der Waals surface area (Å²) < 4.78 is 33.3. The number of likely N-dealkylation sites (N-methyl/N-ethyl adjacent to an activating group) is 1. The van der Waals surface area contributed by atoms with Crippen LogP contribution >= 0.6 is 0 Å². The highest BCUT2D eigenvalue weighted by Crippen LogP contribution is 2.43. The minimum atomic E-state index is -0.543. The van der Waals surface area contributed by atoms with E-state index in [1.165, 1.54) is 12.1 Å². The number of hydrogen-bond donors (Lipinski definition) is 1. The predicted molar refractivity (Wildman–Crippen MR) is 75.6 cm³/mol. The third-order valence-electron chi connectivity index (χ3n) is 4.09. The second-order valence-corrected chi connectivity index (χ2v) is 5.36. The Hall–Kier alpha value is -1.00. The SMILES string of the molecule is CCNC(c1ccc(F)cc1F)C1(OCC)CCCC1. The van der Waals surface area contributed by atoms with Gasteiger partial charge in [0.15, 0.2) is 0 Å². The minimum Gasteiger partial charge on any atom is -0.373 e. The van der Waals surface area contributed by atoms with E-state index in [1.54, 1.807) is 0 Å². The standard InChI is InChI=1S/C16H23F2NO/c1-3-19-15(13-8-7-12(17)11-14(13)18)16(20-4-2)9-5-6-10-16/h7-8,11,15,19H,3-6,9-10H2,1-2H3. The highest BCUT2D eigenvalue weighted by Gasteiger charge is 2.43. The fourth-order valence-corrected chi connectivity index (χ4v) is 3.30. The van der Waals surface area contributed by atoms with E-state index in [2.05, 4.69) is 5.32 Å². The van der Waals surface area contributed by atoms with Crippen molar-refractivity contribution in [1.82, 2.24) is 5.32 Å². The predicted octanol–water partition coefficient (Wildman–Crippen LogP) is 3.96. The average molecular weight is 283 g/mol. The van der Waals surface area contributed by atoms with Crippen molar-refractivity contribution in [1.29, 1.82) is 0 Å². The van der Waals surface area contributed by atoms with E-state index < -0.39 is 11.6 Å². The molecule has 112 valence electrons. The Morgan fingerprint density at radius 2 is 1.95 bits per heavy atom. The molecule has 1 aliphatic rings. The maximum absolute atomic E-state index is 14.2. The fourth-order valence-electron chi connectivity index (χ4n) is 3.30. The Kier molecular flexibility index (Phi) is 5.11. The molecule has 0 aromatic heterocycles. The zero-order valence-corrected chi connectivity index (χ0v) is 12.2. The Morgan fingerprint density at radius 1 is 1.25 bits per heavy atom. The van der Waals surface area contributed by atoms with Gasteiger partial charge in [-0.3, -0.25) is 0 Å². The van der Waals surface area contributed by atoms with Gasteiger partial charge in [0.1, 0.15) is 11.6 Å². The summed E-state index contributed by atoms with van der Waals surface area (Å²) in [6, 6.07) is 3.58. The van der Waals surface area contributed by atoms with Gasteiger partial charge in [-0.15, -0.1) is 0 Å². The van der Waals surface area contributed by atoms with Crippen molar-refractivity contribution in [2.24, 2.45) is 0 Å². The van der Waals surface area contributed by atoms with Gasteiger partial charge in [0, 0.05) is 18.2 Å². The lowest BCUT2D eigenvalue weighted by Crippen LogP contribution is -2.44. The van der Waals surface area contributed by atoms with Crippen LogP contribution in [0, 0.1) is 11.6 Å². The summed E-state index contributed by atoms with van der Waals surface area (Å²) in [5, 5.41) is 3.34. The molecule has 1 aliphatic carbocycles. The molecule has 1 unspecified atom stereocenters. The normalized spacial score (nSPS) is 19.2. The molecule has 1 saturated carbocycles. The van der Waals surface area contributed by atoms with E-state index in [-0.39, 0.29) is 11.6 Å². The monoisotopic (exact) mass is 283 g/mol. The molecule has 1 atom stereocenters. The first kappa shape index (κ1) is 15.4. The minimum absolute atomic E-state index is 0.226. The van der Waals surface area contributed by atoms with Crippen LogP contribution in [0.4, 0.5) is 8.78 Å². The van der Waals surface area contributed by atoms with E-state index in [0.29, 0.717) is 12.2 Å². The molecule has 1 N–H and O–H groups in total. The van der Waals surface area contributed by atoms with Gasteiger partial charge in [-0.05, 0) is 32.4 Å². The van der Waals surface area contributed by atoms with Crippen molar-refractivity contribution in [3.63, 3.8) is 0 Å². The van der Waals surface area contributed by atoms with Crippen LogP contribution in [-0.4, -0.2) is 18.8 Å². The molecule has 4 heteroatoms. The quantitative estimate of drug-likeness (QED) is 0.853. The lowest BCUT2D eigenvalue weighted by Gasteiger charge is -2.38. The van der Waals surface area contributed by atoms with Crippen LogP contribution in [0.25, 0.3) is 0 Å². The molecule has 1 fully saturated rings. The van der Waals surface area contributed by atoms with Crippen molar-refractivity contribution >= 4 is 0 Å².